The standard InChI is InChI=1S/C15H19N3OS/c1-2-12(1)16-8-13-7-14(19-17-13)10-18-5-3-15-11(9-18)4-6-20-15/h4,6-7,12,16H,1-3,5,8-10H2. The van der Waals surface area contributed by atoms with E-state index in [1.165, 1.54) is 18.4 Å². The first-order chi connectivity index (χ1) is 9.87. The summed E-state index contributed by atoms with van der Waals surface area (Å²) in [4.78, 5) is 3.99. The highest BCUT2D eigenvalue weighted by molar-refractivity contribution is 7.10. The SMILES string of the molecule is c1cc2c(s1)CCN(Cc1cc(CNC3CC3)no1)C2. The number of hydrogen-bond acceptors (Lipinski definition) is 5. The van der Waals surface area contributed by atoms with Crippen LogP contribution in [0.25, 0.3) is 0 Å². The summed E-state index contributed by atoms with van der Waals surface area (Å²) < 4.78 is 5.46. The van der Waals surface area contributed by atoms with Crippen LogP contribution < -0.4 is 5.32 Å². The van der Waals surface area contributed by atoms with E-state index in [1.54, 1.807) is 4.88 Å². The molecule has 5 heteroatoms. The van der Waals surface area contributed by atoms with Gasteiger partial charge in [0.15, 0.2) is 5.76 Å². The van der Waals surface area contributed by atoms with Crippen LogP contribution in [-0.4, -0.2) is 22.6 Å². The van der Waals surface area contributed by atoms with Crippen LogP contribution in [0.5, 0.6) is 0 Å². The maximum atomic E-state index is 5.46. The molecule has 0 bridgehead atoms. The monoisotopic (exact) mass is 289 g/mol. The van der Waals surface area contributed by atoms with Crippen molar-refractivity contribution in [1.82, 2.24) is 15.4 Å². The Morgan fingerprint density at radius 1 is 1.45 bits per heavy atom. The van der Waals surface area contributed by atoms with Crippen molar-refractivity contribution in [2.75, 3.05) is 6.54 Å². The van der Waals surface area contributed by atoms with Gasteiger partial charge in [-0.25, -0.2) is 0 Å². The highest BCUT2D eigenvalue weighted by Crippen LogP contribution is 2.25. The average molecular weight is 289 g/mol. The lowest BCUT2D eigenvalue weighted by Gasteiger charge is -2.25. The summed E-state index contributed by atoms with van der Waals surface area (Å²) in [7, 11) is 0. The van der Waals surface area contributed by atoms with Gasteiger partial charge in [-0.15, -0.1) is 11.3 Å². The molecule has 0 aromatic carbocycles. The smallest absolute Gasteiger partial charge is 0.151 e. The number of hydrogen-bond donors (Lipinski definition) is 1. The molecule has 20 heavy (non-hydrogen) atoms. The second kappa shape index (κ2) is 5.31. The summed E-state index contributed by atoms with van der Waals surface area (Å²) in [5.74, 6) is 0.983. The van der Waals surface area contributed by atoms with Crippen molar-refractivity contribution in [3.8, 4) is 0 Å². The fourth-order valence-corrected chi connectivity index (χ4v) is 3.60. The lowest BCUT2D eigenvalue weighted by Crippen LogP contribution is -2.28. The molecule has 1 aliphatic carbocycles. The topological polar surface area (TPSA) is 41.3 Å². The third-order valence-electron chi connectivity index (χ3n) is 4.02. The first kappa shape index (κ1) is 12.6. The zero-order valence-corrected chi connectivity index (χ0v) is 12.3. The molecule has 1 fully saturated rings. The summed E-state index contributed by atoms with van der Waals surface area (Å²) in [5, 5.41) is 9.82. The number of nitrogens with one attached hydrogen (secondary N) is 1. The van der Waals surface area contributed by atoms with E-state index in [2.05, 4.69) is 32.9 Å². The van der Waals surface area contributed by atoms with Crippen LogP contribution in [0.4, 0.5) is 0 Å². The molecule has 4 rings (SSSR count). The molecule has 1 aliphatic heterocycles. The highest BCUT2D eigenvalue weighted by atomic mass is 32.1. The minimum atomic E-state index is 0.717. The normalized spacial score (nSPS) is 19.2. The quantitative estimate of drug-likeness (QED) is 0.918. The van der Waals surface area contributed by atoms with Crippen LogP contribution in [0.2, 0.25) is 0 Å². The van der Waals surface area contributed by atoms with E-state index >= 15 is 0 Å². The van der Waals surface area contributed by atoms with Gasteiger partial charge >= 0.3 is 0 Å². The van der Waals surface area contributed by atoms with Crippen molar-refractivity contribution in [3.63, 3.8) is 0 Å². The first-order valence-corrected chi connectivity index (χ1v) is 8.20. The third-order valence-corrected chi connectivity index (χ3v) is 5.05. The van der Waals surface area contributed by atoms with Gasteiger partial charge in [0, 0.05) is 36.6 Å². The summed E-state index contributed by atoms with van der Waals surface area (Å²) in [6, 6.07) is 5.06. The minimum Gasteiger partial charge on any atom is -0.360 e. The molecule has 0 unspecified atom stereocenters. The van der Waals surface area contributed by atoms with E-state index in [9.17, 15) is 0 Å². The van der Waals surface area contributed by atoms with Crippen molar-refractivity contribution in [1.29, 1.82) is 0 Å². The summed E-state index contributed by atoms with van der Waals surface area (Å²) >= 11 is 1.88. The van der Waals surface area contributed by atoms with Crippen LogP contribution in [-0.2, 0) is 26.1 Å². The minimum absolute atomic E-state index is 0.717. The number of nitrogens with zero attached hydrogens (tertiary/aromatic N) is 2. The van der Waals surface area contributed by atoms with Gasteiger partial charge in [-0.1, -0.05) is 5.16 Å². The lowest BCUT2D eigenvalue weighted by molar-refractivity contribution is 0.216. The molecule has 106 valence electrons. The third kappa shape index (κ3) is 2.80. The molecular formula is C15H19N3OS. The van der Waals surface area contributed by atoms with Crippen molar-refractivity contribution in [2.24, 2.45) is 0 Å². The van der Waals surface area contributed by atoms with E-state index in [0.29, 0.717) is 6.04 Å². The van der Waals surface area contributed by atoms with Gasteiger partial charge in [0.1, 0.15) is 0 Å². The van der Waals surface area contributed by atoms with Crippen molar-refractivity contribution < 1.29 is 4.52 Å². The number of fused-ring (bicyclic) bond motifs is 1. The van der Waals surface area contributed by atoms with E-state index in [1.807, 2.05) is 11.3 Å². The van der Waals surface area contributed by atoms with Gasteiger partial charge < -0.3 is 9.84 Å². The summed E-state index contributed by atoms with van der Waals surface area (Å²) in [6.45, 7) is 3.85. The Bertz CT molecular complexity index is 587. The zero-order chi connectivity index (χ0) is 13.4. The Hall–Kier alpha value is -1.17. The second-order valence-corrected chi connectivity index (χ2v) is 6.77. The predicted molar refractivity (Wildman–Crippen MR) is 78.5 cm³/mol. The van der Waals surface area contributed by atoms with Gasteiger partial charge in [0.25, 0.3) is 0 Å². The van der Waals surface area contributed by atoms with Crippen molar-refractivity contribution in [2.45, 2.75) is 44.9 Å². The van der Waals surface area contributed by atoms with Crippen molar-refractivity contribution >= 4 is 11.3 Å². The highest BCUT2D eigenvalue weighted by Gasteiger charge is 2.21. The van der Waals surface area contributed by atoms with Crippen LogP contribution in [0.15, 0.2) is 22.0 Å². The second-order valence-electron chi connectivity index (χ2n) is 5.77. The Kier molecular flexibility index (Phi) is 3.34. The molecule has 2 aromatic rings. The Labute approximate surface area is 122 Å². The Morgan fingerprint density at radius 3 is 3.30 bits per heavy atom. The number of thiophene rings is 1. The lowest BCUT2D eigenvalue weighted by atomic mass is 10.1. The number of aromatic nitrogens is 1. The molecule has 0 saturated heterocycles. The Morgan fingerprint density at radius 2 is 2.40 bits per heavy atom. The molecule has 1 N–H and O–H groups in total. The maximum absolute atomic E-state index is 5.46. The summed E-state index contributed by atoms with van der Waals surface area (Å²) in [5.41, 5.74) is 2.51. The average Bonchev–Trinajstić information content (AvgIpc) is 2.99. The first-order valence-electron chi connectivity index (χ1n) is 7.32. The molecule has 1 saturated carbocycles. The van der Waals surface area contributed by atoms with Gasteiger partial charge in [0.05, 0.1) is 12.2 Å². The predicted octanol–water partition coefficient (Wildman–Crippen LogP) is 2.55. The molecular weight excluding hydrogens is 270 g/mol. The van der Waals surface area contributed by atoms with Crippen LogP contribution in [0.1, 0.15) is 34.7 Å². The number of rotatable bonds is 5. The van der Waals surface area contributed by atoms with Gasteiger partial charge in [-0.3, -0.25) is 4.90 Å². The maximum Gasteiger partial charge on any atom is 0.151 e. The van der Waals surface area contributed by atoms with E-state index < -0.39 is 0 Å². The molecule has 0 amide bonds. The fourth-order valence-electron chi connectivity index (χ4n) is 2.71. The van der Waals surface area contributed by atoms with Crippen LogP contribution in [0.3, 0.4) is 0 Å². The largest absolute Gasteiger partial charge is 0.360 e. The zero-order valence-electron chi connectivity index (χ0n) is 11.5. The fraction of sp³-hybridized carbons (Fsp3) is 0.533. The molecule has 0 spiro atoms. The van der Waals surface area contributed by atoms with Crippen LogP contribution >= 0.6 is 11.3 Å². The van der Waals surface area contributed by atoms with E-state index in [4.69, 9.17) is 4.52 Å². The molecule has 2 aromatic heterocycles. The molecule has 3 heterocycles. The van der Waals surface area contributed by atoms with Crippen molar-refractivity contribution in [3.05, 3.63) is 39.4 Å². The molecule has 4 nitrogen and oxygen atoms in total. The summed E-state index contributed by atoms with van der Waals surface area (Å²) in [6.07, 6.45) is 3.78. The van der Waals surface area contributed by atoms with Gasteiger partial charge in [-0.2, -0.15) is 0 Å². The molecule has 0 radical (unpaired) electrons. The Balaban J connectivity index is 1.34. The van der Waals surface area contributed by atoms with Gasteiger partial charge in [-0.05, 0) is 36.3 Å². The molecule has 2 aliphatic rings. The van der Waals surface area contributed by atoms with E-state index in [-0.39, 0.29) is 0 Å². The van der Waals surface area contributed by atoms with Crippen LogP contribution in [0, 0.1) is 0 Å². The molecule has 0 atom stereocenters. The van der Waals surface area contributed by atoms with E-state index in [0.717, 1.165) is 44.1 Å². The van der Waals surface area contributed by atoms with Gasteiger partial charge in [0.2, 0.25) is 0 Å².